The van der Waals surface area contributed by atoms with Gasteiger partial charge in [0.2, 0.25) is 5.82 Å². The Labute approximate surface area is 202 Å². The Kier molecular flexibility index (Phi) is 6.81. The number of esters is 1. The first kappa shape index (κ1) is 24.3. The largest absolute Gasteiger partial charge is 0.460 e. The van der Waals surface area contributed by atoms with E-state index in [-0.39, 0.29) is 24.3 Å². The molecule has 1 aliphatic heterocycles. The van der Waals surface area contributed by atoms with Gasteiger partial charge in [0.25, 0.3) is 0 Å². The zero-order valence-corrected chi connectivity index (χ0v) is 20.2. The van der Waals surface area contributed by atoms with Crippen LogP contribution in [0, 0.1) is 5.82 Å². The van der Waals surface area contributed by atoms with Gasteiger partial charge in [0.1, 0.15) is 16.9 Å². The van der Waals surface area contributed by atoms with Crippen LogP contribution in [0.25, 0.3) is 22.3 Å². The van der Waals surface area contributed by atoms with Crippen molar-refractivity contribution in [3.05, 3.63) is 48.0 Å². The maximum atomic E-state index is 13.4. The maximum absolute atomic E-state index is 13.4. The van der Waals surface area contributed by atoms with Gasteiger partial charge in [0.15, 0.2) is 5.82 Å². The number of carbonyl (C=O) groups excluding carboxylic acids is 2. The van der Waals surface area contributed by atoms with Crippen molar-refractivity contribution in [3.8, 4) is 11.3 Å². The number of nitrogens with zero attached hydrogens (tertiary/aromatic N) is 5. The number of halogens is 1. The van der Waals surface area contributed by atoms with E-state index < -0.39 is 11.6 Å². The standard InChI is InChI=1S/C25H28FN5O4/c1-5-34-23(32)21-28-19-11-10-18(16-6-8-17(26)9-7-16)27-20(19)22(29-21)30-12-14-31(15-13-30)24(33)35-25(2,3)4/h6-11H,5,12-15H2,1-4H3. The summed E-state index contributed by atoms with van der Waals surface area (Å²) in [7, 11) is 0. The van der Waals surface area contributed by atoms with Crippen molar-refractivity contribution in [3.63, 3.8) is 0 Å². The summed E-state index contributed by atoms with van der Waals surface area (Å²) in [5.41, 5.74) is 1.78. The molecule has 0 aliphatic carbocycles. The van der Waals surface area contributed by atoms with Crippen LogP contribution in [-0.4, -0.2) is 70.3 Å². The first-order valence-corrected chi connectivity index (χ1v) is 11.5. The summed E-state index contributed by atoms with van der Waals surface area (Å²) in [6.07, 6.45) is -0.367. The van der Waals surface area contributed by atoms with Gasteiger partial charge in [-0.05, 0) is 64.1 Å². The van der Waals surface area contributed by atoms with Crippen LogP contribution in [0.3, 0.4) is 0 Å². The summed E-state index contributed by atoms with van der Waals surface area (Å²) < 4.78 is 24.0. The molecular weight excluding hydrogens is 453 g/mol. The molecule has 0 N–H and O–H groups in total. The lowest BCUT2D eigenvalue weighted by Crippen LogP contribution is -2.50. The van der Waals surface area contributed by atoms with Gasteiger partial charge >= 0.3 is 12.1 Å². The van der Waals surface area contributed by atoms with Crippen LogP contribution in [0.4, 0.5) is 15.0 Å². The third-order valence-electron chi connectivity index (χ3n) is 5.35. The minimum atomic E-state index is -0.620. The van der Waals surface area contributed by atoms with Crippen molar-refractivity contribution in [2.45, 2.75) is 33.3 Å². The highest BCUT2D eigenvalue weighted by atomic mass is 19.1. The summed E-state index contributed by atoms with van der Waals surface area (Å²) in [4.78, 5) is 42.1. The second-order valence-electron chi connectivity index (χ2n) is 9.12. The average molecular weight is 482 g/mol. The number of hydrogen-bond acceptors (Lipinski definition) is 8. The first-order valence-electron chi connectivity index (χ1n) is 11.5. The molecule has 1 aromatic carbocycles. The minimum Gasteiger partial charge on any atom is -0.460 e. The molecule has 4 rings (SSSR count). The van der Waals surface area contributed by atoms with E-state index in [1.54, 1.807) is 36.1 Å². The van der Waals surface area contributed by atoms with Gasteiger partial charge in [-0.3, -0.25) is 0 Å². The van der Waals surface area contributed by atoms with Crippen LogP contribution in [0.1, 0.15) is 38.3 Å². The number of ether oxygens (including phenoxy) is 2. The molecule has 184 valence electrons. The van der Waals surface area contributed by atoms with Gasteiger partial charge in [0, 0.05) is 31.7 Å². The van der Waals surface area contributed by atoms with E-state index in [1.165, 1.54) is 12.1 Å². The second-order valence-corrected chi connectivity index (χ2v) is 9.12. The third kappa shape index (κ3) is 5.64. The van der Waals surface area contributed by atoms with E-state index in [0.717, 1.165) is 5.56 Å². The highest BCUT2D eigenvalue weighted by Crippen LogP contribution is 2.28. The van der Waals surface area contributed by atoms with Crippen LogP contribution >= 0.6 is 0 Å². The first-order chi connectivity index (χ1) is 16.6. The van der Waals surface area contributed by atoms with E-state index in [4.69, 9.17) is 14.5 Å². The average Bonchev–Trinajstić information content (AvgIpc) is 2.82. The molecule has 2 aromatic heterocycles. The van der Waals surface area contributed by atoms with E-state index in [9.17, 15) is 14.0 Å². The quantitative estimate of drug-likeness (QED) is 0.515. The van der Waals surface area contributed by atoms with Crippen molar-refractivity contribution in [1.29, 1.82) is 0 Å². The molecule has 0 bridgehead atoms. The number of fused-ring (bicyclic) bond motifs is 1. The lowest BCUT2D eigenvalue weighted by molar-refractivity contribution is 0.0240. The molecule has 0 radical (unpaired) electrons. The highest BCUT2D eigenvalue weighted by molar-refractivity contribution is 5.93. The van der Waals surface area contributed by atoms with Crippen LogP contribution in [0.5, 0.6) is 0 Å². The van der Waals surface area contributed by atoms with Crippen LogP contribution in [0.2, 0.25) is 0 Å². The van der Waals surface area contributed by atoms with Gasteiger partial charge in [-0.2, -0.15) is 0 Å². The molecule has 0 unspecified atom stereocenters. The Morgan fingerprint density at radius 3 is 2.29 bits per heavy atom. The molecule has 10 heteroatoms. The maximum Gasteiger partial charge on any atom is 0.410 e. The Morgan fingerprint density at radius 1 is 0.971 bits per heavy atom. The number of hydrogen-bond donors (Lipinski definition) is 0. The molecule has 1 aliphatic rings. The van der Waals surface area contributed by atoms with Crippen LogP contribution in [-0.2, 0) is 9.47 Å². The van der Waals surface area contributed by atoms with Crippen molar-refractivity contribution in [1.82, 2.24) is 19.9 Å². The van der Waals surface area contributed by atoms with Crippen LogP contribution < -0.4 is 4.90 Å². The molecular formula is C25H28FN5O4. The molecule has 0 spiro atoms. The molecule has 1 amide bonds. The lowest BCUT2D eigenvalue weighted by atomic mass is 10.1. The number of benzene rings is 1. The van der Waals surface area contributed by atoms with E-state index in [0.29, 0.717) is 48.7 Å². The molecule has 3 aromatic rings. The fourth-order valence-corrected chi connectivity index (χ4v) is 3.72. The van der Waals surface area contributed by atoms with E-state index >= 15 is 0 Å². The summed E-state index contributed by atoms with van der Waals surface area (Å²) in [5, 5.41) is 0. The molecule has 35 heavy (non-hydrogen) atoms. The number of aromatic nitrogens is 3. The zero-order chi connectivity index (χ0) is 25.2. The number of piperazine rings is 1. The number of pyridine rings is 1. The Hall–Kier alpha value is -3.82. The third-order valence-corrected chi connectivity index (χ3v) is 5.35. The molecule has 1 fully saturated rings. The number of carbonyl (C=O) groups is 2. The number of anilines is 1. The van der Waals surface area contributed by atoms with Gasteiger partial charge in [-0.25, -0.2) is 28.9 Å². The zero-order valence-electron chi connectivity index (χ0n) is 20.2. The monoisotopic (exact) mass is 481 g/mol. The molecule has 0 atom stereocenters. The van der Waals surface area contributed by atoms with Gasteiger partial charge in [-0.1, -0.05) is 0 Å². The molecule has 0 saturated carbocycles. The normalized spacial score (nSPS) is 14.2. The number of amides is 1. The van der Waals surface area contributed by atoms with Crippen molar-refractivity contribution in [2.24, 2.45) is 0 Å². The van der Waals surface area contributed by atoms with Crippen LogP contribution in [0.15, 0.2) is 36.4 Å². The van der Waals surface area contributed by atoms with Gasteiger partial charge < -0.3 is 19.3 Å². The smallest absolute Gasteiger partial charge is 0.410 e. The summed E-state index contributed by atoms with van der Waals surface area (Å²) in [6, 6.07) is 9.57. The summed E-state index contributed by atoms with van der Waals surface area (Å²) in [5.74, 6) is -0.530. The summed E-state index contributed by atoms with van der Waals surface area (Å²) >= 11 is 0. The fraction of sp³-hybridized carbons (Fsp3) is 0.400. The van der Waals surface area contributed by atoms with E-state index in [1.807, 2.05) is 25.7 Å². The van der Waals surface area contributed by atoms with Crippen molar-refractivity contribution in [2.75, 3.05) is 37.7 Å². The SMILES string of the molecule is CCOC(=O)c1nc(N2CCN(C(=O)OC(C)(C)C)CC2)c2nc(-c3ccc(F)cc3)ccc2n1. The van der Waals surface area contributed by atoms with Gasteiger partial charge in [0.05, 0.1) is 17.8 Å². The fourth-order valence-electron chi connectivity index (χ4n) is 3.72. The Bertz CT molecular complexity index is 1240. The van der Waals surface area contributed by atoms with E-state index in [2.05, 4.69) is 9.97 Å². The highest BCUT2D eigenvalue weighted by Gasteiger charge is 2.28. The van der Waals surface area contributed by atoms with Gasteiger partial charge in [-0.15, -0.1) is 0 Å². The second kappa shape index (κ2) is 9.81. The Morgan fingerprint density at radius 2 is 1.66 bits per heavy atom. The predicted molar refractivity (Wildman–Crippen MR) is 129 cm³/mol. The molecule has 9 nitrogen and oxygen atoms in total. The summed E-state index contributed by atoms with van der Waals surface area (Å²) in [6.45, 7) is 9.18. The number of rotatable bonds is 4. The van der Waals surface area contributed by atoms with Crippen molar-refractivity contribution < 1.29 is 23.5 Å². The molecule has 1 saturated heterocycles. The lowest BCUT2D eigenvalue weighted by Gasteiger charge is -2.36. The topological polar surface area (TPSA) is 97.8 Å². The molecule has 3 heterocycles. The Balaban J connectivity index is 1.68. The van der Waals surface area contributed by atoms with Crippen molar-refractivity contribution >= 4 is 28.9 Å². The minimum absolute atomic E-state index is 0.0553. The predicted octanol–water partition coefficient (Wildman–Crippen LogP) is 4.06.